The number of hydrogen-bond acceptors (Lipinski definition) is 5. The Bertz CT molecular complexity index is 851. The van der Waals surface area contributed by atoms with Crippen LogP contribution in [0, 0.1) is 5.92 Å². The van der Waals surface area contributed by atoms with Crippen molar-refractivity contribution in [2.45, 2.75) is 0 Å². The maximum atomic E-state index is 12.4. The normalized spacial score (nSPS) is 14.6. The molecule has 7 heteroatoms. The van der Waals surface area contributed by atoms with E-state index in [9.17, 15) is 4.79 Å². The third kappa shape index (κ3) is 2.72. The van der Waals surface area contributed by atoms with Crippen molar-refractivity contribution in [2.24, 2.45) is 11.7 Å². The van der Waals surface area contributed by atoms with Gasteiger partial charge in [0.1, 0.15) is 10.7 Å². The number of nitrogens with zero attached hydrogens (tertiary/aromatic N) is 4. The van der Waals surface area contributed by atoms with E-state index in [1.807, 2.05) is 41.9 Å². The molecule has 0 aliphatic carbocycles. The Kier molecular flexibility index (Phi) is 3.87. The van der Waals surface area contributed by atoms with Gasteiger partial charge in [-0.25, -0.2) is 9.67 Å². The highest BCUT2D eigenvalue weighted by atomic mass is 32.1. The van der Waals surface area contributed by atoms with Gasteiger partial charge in [-0.2, -0.15) is 5.10 Å². The largest absolute Gasteiger partial charge is 0.336 e. The van der Waals surface area contributed by atoms with Gasteiger partial charge in [0.15, 0.2) is 0 Å². The zero-order valence-electron chi connectivity index (χ0n) is 13.0. The lowest BCUT2D eigenvalue weighted by Gasteiger charge is -2.38. The molecule has 2 N–H and O–H groups in total. The summed E-state index contributed by atoms with van der Waals surface area (Å²) in [4.78, 5) is 18.6. The molecule has 3 aromatic rings. The first-order chi connectivity index (χ1) is 11.7. The van der Waals surface area contributed by atoms with Crippen molar-refractivity contribution in [1.29, 1.82) is 0 Å². The first kappa shape index (κ1) is 15.0. The van der Waals surface area contributed by atoms with Crippen molar-refractivity contribution in [2.75, 3.05) is 19.6 Å². The summed E-state index contributed by atoms with van der Waals surface area (Å²) in [6.45, 7) is 2.09. The van der Waals surface area contributed by atoms with Gasteiger partial charge in [0.25, 0.3) is 5.91 Å². The molecule has 0 saturated carbocycles. The number of carbonyl (C=O) groups is 1. The molecule has 1 fully saturated rings. The Balaban J connectivity index is 1.51. The second-order valence-corrected chi connectivity index (χ2v) is 6.72. The average Bonchev–Trinajstić information content (AvgIpc) is 3.24. The molecular weight excluding hydrogens is 322 g/mol. The van der Waals surface area contributed by atoms with Crippen LogP contribution in [0.1, 0.15) is 10.5 Å². The number of para-hydroxylation sites is 1. The van der Waals surface area contributed by atoms with E-state index in [0.29, 0.717) is 18.2 Å². The smallest absolute Gasteiger partial charge is 0.273 e. The predicted molar refractivity (Wildman–Crippen MR) is 93.1 cm³/mol. The van der Waals surface area contributed by atoms with Gasteiger partial charge < -0.3 is 10.6 Å². The summed E-state index contributed by atoms with van der Waals surface area (Å²) in [5.41, 5.74) is 8.00. The fourth-order valence-electron chi connectivity index (χ4n) is 2.71. The monoisotopic (exact) mass is 339 g/mol. The van der Waals surface area contributed by atoms with Crippen LogP contribution in [0.25, 0.3) is 16.3 Å². The van der Waals surface area contributed by atoms with E-state index < -0.39 is 0 Å². The second kappa shape index (κ2) is 6.18. The van der Waals surface area contributed by atoms with Crippen molar-refractivity contribution < 1.29 is 4.79 Å². The molecule has 0 radical (unpaired) electrons. The number of thiazole rings is 1. The number of rotatable bonds is 4. The molecule has 3 heterocycles. The SMILES string of the molecule is NCC1CN(C(=O)c2csc(-c3cnn(-c4ccccc4)c3)n2)C1. The van der Waals surface area contributed by atoms with Gasteiger partial charge in [0.2, 0.25) is 0 Å². The maximum Gasteiger partial charge on any atom is 0.273 e. The second-order valence-electron chi connectivity index (χ2n) is 5.86. The van der Waals surface area contributed by atoms with E-state index in [1.165, 1.54) is 11.3 Å². The lowest BCUT2D eigenvalue weighted by molar-refractivity contribution is 0.0510. The zero-order chi connectivity index (χ0) is 16.5. The van der Waals surface area contributed by atoms with Gasteiger partial charge in [-0.15, -0.1) is 11.3 Å². The van der Waals surface area contributed by atoms with Gasteiger partial charge in [-0.3, -0.25) is 4.79 Å². The lowest BCUT2D eigenvalue weighted by Crippen LogP contribution is -2.52. The minimum absolute atomic E-state index is 0.0161. The highest BCUT2D eigenvalue weighted by Gasteiger charge is 2.31. The molecule has 6 nitrogen and oxygen atoms in total. The van der Waals surface area contributed by atoms with E-state index in [4.69, 9.17) is 5.73 Å². The van der Waals surface area contributed by atoms with Crippen molar-refractivity contribution in [1.82, 2.24) is 19.7 Å². The van der Waals surface area contributed by atoms with Crippen LogP contribution in [0.15, 0.2) is 48.1 Å². The predicted octanol–water partition coefficient (Wildman–Crippen LogP) is 2.03. The Hall–Kier alpha value is -2.51. The summed E-state index contributed by atoms with van der Waals surface area (Å²) in [5.74, 6) is 0.411. The highest BCUT2D eigenvalue weighted by molar-refractivity contribution is 7.13. The number of benzene rings is 1. The number of hydrogen-bond donors (Lipinski definition) is 1. The molecule has 0 unspecified atom stereocenters. The van der Waals surface area contributed by atoms with Crippen molar-refractivity contribution in [3.8, 4) is 16.3 Å². The molecular formula is C17H17N5OS. The Labute approximate surface area is 143 Å². The average molecular weight is 339 g/mol. The number of amides is 1. The molecule has 1 amide bonds. The van der Waals surface area contributed by atoms with Gasteiger partial charge in [0.05, 0.1) is 11.9 Å². The summed E-state index contributed by atoms with van der Waals surface area (Å²) in [7, 11) is 0. The standard InChI is InChI=1S/C17H17N5OS/c18-6-12-8-21(9-12)17(23)15-11-24-16(20-15)13-7-19-22(10-13)14-4-2-1-3-5-14/h1-5,7,10-12H,6,8-9,18H2. The van der Waals surface area contributed by atoms with Crippen molar-refractivity contribution >= 4 is 17.2 Å². The maximum absolute atomic E-state index is 12.4. The number of carbonyl (C=O) groups excluding carboxylic acids is 1. The molecule has 2 aromatic heterocycles. The van der Waals surface area contributed by atoms with Crippen LogP contribution in [0.5, 0.6) is 0 Å². The molecule has 24 heavy (non-hydrogen) atoms. The third-order valence-electron chi connectivity index (χ3n) is 4.15. The quantitative estimate of drug-likeness (QED) is 0.789. The Morgan fingerprint density at radius 1 is 1.29 bits per heavy atom. The zero-order valence-corrected chi connectivity index (χ0v) is 13.8. The van der Waals surface area contributed by atoms with Gasteiger partial charge >= 0.3 is 0 Å². The Morgan fingerprint density at radius 2 is 2.08 bits per heavy atom. The minimum Gasteiger partial charge on any atom is -0.336 e. The van der Waals surface area contributed by atoms with Crippen LogP contribution >= 0.6 is 11.3 Å². The minimum atomic E-state index is -0.0161. The van der Waals surface area contributed by atoms with Gasteiger partial charge in [0, 0.05) is 36.1 Å². The first-order valence-corrected chi connectivity index (χ1v) is 8.68. The van der Waals surface area contributed by atoms with E-state index >= 15 is 0 Å². The number of likely N-dealkylation sites (tertiary alicyclic amines) is 1. The van der Waals surface area contributed by atoms with Gasteiger partial charge in [-0.1, -0.05) is 18.2 Å². The molecule has 122 valence electrons. The number of nitrogens with two attached hydrogens (primary N) is 1. The van der Waals surface area contributed by atoms with E-state index in [1.54, 1.807) is 15.8 Å². The molecule has 0 spiro atoms. The van der Waals surface area contributed by atoms with E-state index in [-0.39, 0.29) is 5.91 Å². The summed E-state index contributed by atoms with van der Waals surface area (Å²) >= 11 is 1.46. The van der Waals surface area contributed by atoms with Gasteiger partial charge in [-0.05, 0) is 18.7 Å². The topological polar surface area (TPSA) is 77.0 Å². The summed E-state index contributed by atoms with van der Waals surface area (Å²) < 4.78 is 1.81. The lowest BCUT2D eigenvalue weighted by atomic mass is 10.0. The number of aromatic nitrogens is 3. The van der Waals surface area contributed by atoms with Crippen LogP contribution in [-0.2, 0) is 0 Å². The van der Waals surface area contributed by atoms with Crippen LogP contribution in [0.2, 0.25) is 0 Å². The molecule has 0 atom stereocenters. The summed E-state index contributed by atoms with van der Waals surface area (Å²) in [5, 5.41) is 6.99. The van der Waals surface area contributed by atoms with Crippen molar-refractivity contribution in [3.63, 3.8) is 0 Å². The molecule has 1 aromatic carbocycles. The van der Waals surface area contributed by atoms with Crippen LogP contribution in [0.4, 0.5) is 0 Å². The fourth-order valence-corrected chi connectivity index (χ4v) is 3.48. The Morgan fingerprint density at radius 3 is 2.83 bits per heavy atom. The van der Waals surface area contributed by atoms with Crippen LogP contribution in [0.3, 0.4) is 0 Å². The fraction of sp³-hybridized carbons (Fsp3) is 0.235. The first-order valence-electron chi connectivity index (χ1n) is 7.80. The summed E-state index contributed by atoms with van der Waals surface area (Å²) in [6.07, 6.45) is 3.70. The molecule has 4 rings (SSSR count). The summed E-state index contributed by atoms with van der Waals surface area (Å²) in [6, 6.07) is 9.89. The van der Waals surface area contributed by atoms with Crippen molar-refractivity contribution in [3.05, 3.63) is 53.8 Å². The van der Waals surface area contributed by atoms with Crippen LogP contribution < -0.4 is 5.73 Å². The van der Waals surface area contributed by atoms with E-state index in [2.05, 4.69) is 10.1 Å². The van der Waals surface area contributed by atoms with Crippen LogP contribution in [-0.4, -0.2) is 45.2 Å². The molecule has 1 aliphatic rings. The molecule has 1 saturated heterocycles. The van der Waals surface area contributed by atoms with E-state index in [0.717, 1.165) is 29.3 Å². The highest BCUT2D eigenvalue weighted by Crippen LogP contribution is 2.26. The molecule has 0 bridgehead atoms. The molecule has 1 aliphatic heterocycles. The third-order valence-corrected chi connectivity index (χ3v) is 5.04.